The minimum absolute atomic E-state index is 0.182. The highest BCUT2D eigenvalue weighted by atomic mass is 32.2. The van der Waals surface area contributed by atoms with E-state index in [0.717, 1.165) is 7.11 Å². The molecule has 0 heterocycles. The molecule has 0 aliphatic rings. The van der Waals surface area contributed by atoms with E-state index in [0.29, 0.717) is 0 Å². The molecule has 0 spiro atoms. The molecule has 0 rings (SSSR count). The number of hydrogen-bond acceptors (Lipinski definition) is 3. The van der Waals surface area contributed by atoms with Crippen molar-refractivity contribution in [3.8, 4) is 0 Å². The second-order valence-electron chi connectivity index (χ2n) is 4.11. The first-order valence-corrected chi connectivity index (χ1v) is 5.84. The fourth-order valence-electron chi connectivity index (χ4n) is 0.901. The Bertz CT molecular complexity index is 288. The molecular formula is C9H19NO3S. The Morgan fingerprint density at radius 2 is 1.86 bits per heavy atom. The minimum atomic E-state index is -3.63. The molecule has 0 aromatic rings. The third-order valence-electron chi connectivity index (χ3n) is 1.81. The summed E-state index contributed by atoms with van der Waals surface area (Å²) in [6.45, 7) is 7.71. The first kappa shape index (κ1) is 13.6. The van der Waals surface area contributed by atoms with Gasteiger partial charge in [0.25, 0.3) is 0 Å². The molecule has 14 heavy (non-hydrogen) atoms. The highest BCUT2D eigenvalue weighted by molar-refractivity contribution is 7.84. The average molecular weight is 221 g/mol. The van der Waals surface area contributed by atoms with Gasteiger partial charge in [-0.2, -0.15) is 13.1 Å². The maximum atomic E-state index is 11.2. The lowest BCUT2D eigenvalue weighted by molar-refractivity contribution is 0.320. The van der Waals surface area contributed by atoms with E-state index in [2.05, 4.69) is 8.91 Å². The number of hydrogen-bond donors (Lipinski definition) is 1. The zero-order chi connectivity index (χ0) is 11.4. The van der Waals surface area contributed by atoms with Crippen molar-refractivity contribution < 1.29 is 12.6 Å². The van der Waals surface area contributed by atoms with Crippen LogP contribution in [-0.4, -0.2) is 21.6 Å². The summed E-state index contributed by atoms with van der Waals surface area (Å²) >= 11 is 0. The van der Waals surface area contributed by atoms with Crippen LogP contribution in [-0.2, 0) is 14.5 Å². The Kier molecular flexibility index (Phi) is 4.77. The van der Waals surface area contributed by atoms with E-state index >= 15 is 0 Å². The maximum absolute atomic E-state index is 11.2. The van der Waals surface area contributed by atoms with Gasteiger partial charge in [-0.15, -0.1) is 0 Å². The highest BCUT2D eigenvalue weighted by Crippen LogP contribution is 2.20. The standard InChI is InChI=1S/C9H19NO3S/c1-6-7-8(9(2,3)4)10-14(11,12)13-5/h6-8,10H,1-5H3/b7-6+. The molecular weight excluding hydrogens is 202 g/mol. The van der Waals surface area contributed by atoms with Crippen molar-refractivity contribution in [1.82, 2.24) is 4.72 Å². The van der Waals surface area contributed by atoms with Gasteiger partial charge in [0, 0.05) is 6.04 Å². The Hall–Kier alpha value is -0.390. The van der Waals surface area contributed by atoms with Gasteiger partial charge in [0.05, 0.1) is 7.11 Å². The van der Waals surface area contributed by atoms with Gasteiger partial charge >= 0.3 is 10.3 Å². The smallest absolute Gasteiger partial charge is 0.261 e. The largest absolute Gasteiger partial charge is 0.336 e. The number of nitrogens with one attached hydrogen (secondary N) is 1. The van der Waals surface area contributed by atoms with Crippen LogP contribution in [0.4, 0.5) is 0 Å². The lowest BCUT2D eigenvalue weighted by Crippen LogP contribution is -2.42. The zero-order valence-electron chi connectivity index (χ0n) is 9.37. The molecule has 1 atom stereocenters. The molecule has 5 heteroatoms. The summed E-state index contributed by atoms with van der Waals surface area (Å²) in [5, 5.41) is 0. The van der Waals surface area contributed by atoms with Crippen molar-refractivity contribution in [2.45, 2.75) is 33.7 Å². The normalized spacial score (nSPS) is 16.1. The highest BCUT2D eigenvalue weighted by Gasteiger charge is 2.26. The molecule has 0 bridgehead atoms. The molecule has 0 aliphatic heterocycles. The Labute approximate surface area is 86.6 Å². The monoisotopic (exact) mass is 221 g/mol. The van der Waals surface area contributed by atoms with Crippen molar-refractivity contribution in [3.63, 3.8) is 0 Å². The summed E-state index contributed by atoms with van der Waals surface area (Å²) < 4.78 is 29.1. The number of rotatable bonds is 4. The van der Waals surface area contributed by atoms with E-state index in [1.165, 1.54) is 0 Å². The lowest BCUT2D eigenvalue weighted by Gasteiger charge is -2.28. The van der Waals surface area contributed by atoms with E-state index in [1.807, 2.05) is 33.8 Å². The fourth-order valence-corrected chi connectivity index (χ4v) is 1.74. The predicted molar refractivity (Wildman–Crippen MR) is 57.1 cm³/mol. The van der Waals surface area contributed by atoms with Crippen LogP contribution in [0, 0.1) is 5.41 Å². The van der Waals surface area contributed by atoms with Crippen LogP contribution in [0.15, 0.2) is 12.2 Å². The molecule has 0 fully saturated rings. The summed E-state index contributed by atoms with van der Waals surface area (Å²) in [5.74, 6) is 0. The zero-order valence-corrected chi connectivity index (χ0v) is 10.2. The third-order valence-corrected chi connectivity index (χ3v) is 2.79. The topological polar surface area (TPSA) is 55.4 Å². The molecule has 0 aromatic heterocycles. The maximum Gasteiger partial charge on any atom is 0.336 e. The van der Waals surface area contributed by atoms with Gasteiger partial charge in [0.2, 0.25) is 0 Å². The quantitative estimate of drug-likeness (QED) is 0.731. The molecule has 0 saturated heterocycles. The van der Waals surface area contributed by atoms with E-state index < -0.39 is 10.3 Å². The fraction of sp³-hybridized carbons (Fsp3) is 0.778. The van der Waals surface area contributed by atoms with Crippen molar-refractivity contribution in [2.75, 3.05) is 7.11 Å². The average Bonchev–Trinajstić information content (AvgIpc) is 2.02. The molecule has 0 radical (unpaired) electrons. The van der Waals surface area contributed by atoms with Gasteiger partial charge in [-0.3, -0.25) is 4.18 Å². The van der Waals surface area contributed by atoms with Crippen LogP contribution >= 0.6 is 0 Å². The summed E-state index contributed by atoms with van der Waals surface area (Å²) in [4.78, 5) is 0. The molecule has 0 saturated carbocycles. The minimum Gasteiger partial charge on any atom is -0.261 e. The van der Waals surface area contributed by atoms with Crippen molar-refractivity contribution in [1.29, 1.82) is 0 Å². The van der Waals surface area contributed by atoms with Crippen molar-refractivity contribution in [2.24, 2.45) is 5.41 Å². The van der Waals surface area contributed by atoms with E-state index in [1.54, 1.807) is 6.08 Å². The van der Waals surface area contributed by atoms with Crippen LogP contribution in [0.3, 0.4) is 0 Å². The van der Waals surface area contributed by atoms with Crippen LogP contribution in [0.25, 0.3) is 0 Å². The van der Waals surface area contributed by atoms with Crippen LogP contribution < -0.4 is 4.72 Å². The first-order valence-electron chi connectivity index (χ1n) is 4.43. The number of allylic oxidation sites excluding steroid dienone is 1. The lowest BCUT2D eigenvalue weighted by atomic mass is 9.87. The first-order chi connectivity index (χ1) is 6.23. The van der Waals surface area contributed by atoms with Crippen LogP contribution in [0.2, 0.25) is 0 Å². The molecule has 0 amide bonds. The van der Waals surface area contributed by atoms with Gasteiger partial charge in [0.1, 0.15) is 0 Å². The molecule has 0 aliphatic carbocycles. The molecule has 84 valence electrons. The van der Waals surface area contributed by atoms with E-state index in [-0.39, 0.29) is 11.5 Å². The van der Waals surface area contributed by atoms with Crippen molar-refractivity contribution in [3.05, 3.63) is 12.2 Å². The van der Waals surface area contributed by atoms with E-state index in [4.69, 9.17) is 0 Å². The second-order valence-corrected chi connectivity index (χ2v) is 5.59. The predicted octanol–water partition coefficient (Wildman–Crippen LogP) is 1.46. The molecule has 4 nitrogen and oxygen atoms in total. The van der Waals surface area contributed by atoms with Gasteiger partial charge in [-0.05, 0) is 12.3 Å². The van der Waals surface area contributed by atoms with Crippen LogP contribution in [0.1, 0.15) is 27.7 Å². The second kappa shape index (κ2) is 4.91. The Balaban J connectivity index is 4.72. The summed E-state index contributed by atoms with van der Waals surface area (Å²) in [6.07, 6.45) is 3.62. The van der Waals surface area contributed by atoms with Gasteiger partial charge in [-0.25, -0.2) is 0 Å². The van der Waals surface area contributed by atoms with Gasteiger partial charge in [-0.1, -0.05) is 32.9 Å². The summed E-state index contributed by atoms with van der Waals surface area (Å²) in [7, 11) is -2.49. The van der Waals surface area contributed by atoms with Gasteiger partial charge < -0.3 is 0 Å². The van der Waals surface area contributed by atoms with Crippen LogP contribution in [0.5, 0.6) is 0 Å². The Morgan fingerprint density at radius 3 is 2.14 bits per heavy atom. The van der Waals surface area contributed by atoms with E-state index in [9.17, 15) is 8.42 Å². The SMILES string of the molecule is C/C=C/C(NS(=O)(=O)OC)C(C)(C)C. The van der Waals surface area contributed by atoms with Gasteiger partial charge in [0.15, 0.2) is 0 Å². The van der Waals surface area contributed by atoms with Crippen molar-refractivity contribution >= 4 is 10.3 Å². The molecule has 1 unspecified atom stereocenters. The molecule has 0 aromatic carbocycles. The summed E-state index contributed by atoms with van der Waals surface area (Å²) in [5.41, 5.74) is -0.182. The third kappa shape index (κ3) is 4.74. The molecule has 1 N–H and O–H groups in total. The Morgan fingerprint density at radius 1 is 1.36 bits per heavy atom. The summed E-state index contributed by atoms with van der Waals surface area (Å²) in [6, 6.07) is -0.266.